The van der Waals surface area contributed by atoms with Crippen LogP contribution in [0.3, 0.4) is 0 Å². The zero-order chi connectivity index (χ0) is 14.9. The summed E-state index contributed by atoms with van der Waals surface area (Å²) in [6, 6.07) is 11.9. The second-order valence-corrected chi connectivity index (χ2v) is 4.78. The predicted octanol–water partition coefficient (Wildman–Crippen LogP) is 3.95. The van der Waals surface area contributed by atoms with Crippen LogP contribution in [0.5, 0.6) is 0 Å². The molecule has 0 saturated heterocycles. The molecule has 0 bridgehead atoms. The number of anilines is 2. The molecule has 21 heavy (non-hydrogen) atoms. The summed E-state index contributed by atoms with van der Waals surface area (Å²) in [7, 11) is 0. The SMILES string of the molecule is C=CCNc1cc(NCCCC)nc(-c2ccccc2)n1. The van der Waals surface area contributed by atoms with Crippen molar-refractivity contribution in [2.24, 2.45) is 0 Å². The Kier molecular flexibility index (Phi) is 5.76. The van der Waals surface area contributed by atoms with Gasteiger partial charge in [0.15, 0.2) is 5.82 Å². The smallest absolute Gasteiger partial charge is 0.163 e. The van der Waals surface area contributed by atoms with Gasteiger partial charge in [-0.1, -0.05) is 49.8 Å². The van der Waals surface area contributed by atoms with Gasteiger partial charge in [0, 0.05) is 24.7 Å². The average Bonchev–Trinajstić information content (AvgIpc) is 2.54. The van der Waals surface area contributed by atoms with Crippen LogP contribution in [0, 0.1) is 0 Å². The fourth-order valence-electron chi connectivity index (χ4n) is 1.91. The topological polar surface area (TPSA) is 49.8 Å². The van der Waals surface area contributed by atoms with Crippen molar-refractivity contribution in [2.75, 3.05) is 23.7 Å². The van der Waals surface area contributed by atoms with Gasteiger partial charge in [0.05, 0.1) is 0 Å². The first-order valence-corrected chi connectivity index (χ1v) is 7.36. The summed E-state index contributed by atoms with van der Waals surface area (Å²) in [4.78, 5) is 9.15. The van der Waals surface area contributed by atoms with E-state index in [9.17, 15) is 0 Å². The molecule has 0 aliphatic heterocycles. The molecule has 1 aromatic carbocycles. The van der Waals surface area contributed by atoms with Crippen LogP contribution in [-0.4, -0.2) is 23.1 Å². The summed E-state index contributed by atoms with van der Waals surface area (Å²) in [6.45, 7) is 7.49. The number of hydrogen-bond acceptors (Lipinski definition) is 4. The number of unbranched alkanes of at least 4 members (excludes halogenated alkanes) is 1. The molecule has 0 radical (unpaired) electrons. The summed E-state index contributed by atoms with van der Waals surface area (Å²) >= 11 is 0. The Morgan fingerprint density at radius 3 is 2.48 bits per heavy atom. The minimum atomic E-state index is 0.680. The van der Waals surface area contributed by atoms with Gasteiger partial charge in [0.25, 0.3) is 0 Å². The molecule has 0 spiro atoms. The van der Waals surface area contributed by atoms with Gasteiger partial charge in [0.2, 0.25) is 0 Å². The first-order valence-electron chi connectivity index (χ1n) is 7.36. The zero-order valence-electron chi connectivity index (χ0n) is 12.5. The highest BCUT2D eigenvalue weighted by atomic mass is 15.1. The molecule has 0 atom stereocenters. The van der Waals surface area contributed by atoms with Crippen molar-refractivity contribution in [1.82, 2.24) is 9.97 Å². The van der Waals surface area contributed by atoms with Gasteiger partial charge < -0.3 is 10.6 Å². The molecule has 2 aromatic rings. The van der Waals surface area contributed by atoms with E-state index in [1.165, 1.54) is 0 Å². The quantitative estimate of drug-likeness (QED) is 0.568. The maximum Gasteiger partial charge on any atom is 0.163 e. The lowest BCUT2D eigenvalue weighted by Gasteiger charge is -2.10. The van der Waals surface area contributed by atoms with Crippen LogP contribution in [0.4, 0.5) is 11.6 Å². The van der Waals surface area contributed by atoms with E-state index in [-0.39, 0.29) is 0 Å². The Morgan fingerprint density at radius 1 is 1.10 bits per heavy atom. The molecule has 0 saturated carbocycles. The van der Waals surface area contributed by atoms with Crippen molar-refractivity contribution in [2.45, 2.75) is 19.8 Å². The second kappa shape index (κ2) is 8.04. The Bertz CT molecular complexity index is 566. The van der Waals surface area contributed by atoms with Crippen molar-refractivity contribution in [1.29, 1.82) is 0 Å². The maximum atomic E-state index is 4.60. The van der Waals surface area contributed by atoms with Crippen LogP contribution in [0.25, 0.3) is 11.4 Å². The number of benzene rings is 1. The lowest BCUT2D eigenvalue weighted by Crippen LogP contribution is -2.07. The lowest BCUT2D eigenvalue weighted by molar-refractivity contribution is 0.830. The molecule has 2 rings (SSSR count). The van der Waals surface area contributed by atoms with Gasteiger partial charge in [-0.2, -0.15) is 0 Å². The third kappa shape index (κ3) is 4.60. The predicted molar refractivity (Wildman–Crippen MR) is 89.6 cm³/mol. The minimum absolute atomic E-state index is 0.680. The third-order valence-corrected chi connectivity index (χ3v) is 3.02. The highest BCUT2D eigenvalue weighted by molar-refractivity contribution is 5.61. The normalized spacial score (nSPS) is 10.1. The highest BCUT2D eigenvalue weighted by Gasteiger charge is 2.06. The fraction of sp³-hybridized carbons (Fsp3) is 0.294. The molecule has 1 aromatic heterocycles. The van der Waals surface area contributed by atoms with E-state index in [1.807, 2.05) is 42.5 Å². The Balaban J connectivity index is 2.25. The Morgan fingerprint density at radius 2 is 1.81 bits per heavy atom. The standard InChI is InChI=1S/C17H22N4/c1-3-5-12-19-16-13-15(18-11-4-2)20-17(21-16)14-9-7-6-8-10-14/h4,6-10,13H,2-3,5,11-12H2,1H3,(H2,18,19,20,21). The summed E-state index contributed by atoms with van der Waals surface area (Å²) in [5.74, 6) is 2.38. The van der Waals surface area contributed by atoms with Gasteiger partial charge >= 0.3 is 0 Å². The molecule has 0 amide bonds. The summed E-state index contributed by atoms with van der Waals surface area (Å²) in [5, 5.41) is 6.58. The van der Waals surface area contributed by atoms with Gasteiger partial charge in [-0.05, 0) is 6.42 Å². The molecule has 0 aliphatic carbocycles. The van der Waals surface area contributed by atoms with Gasteiger partial charge in [-0.25, -0.2) is 9.97 Å². The van der Waals surface area contributed by atoms with E-state index in [1.54, 1.807) is 0 Å². The minimum Gasteiger partial charge on any atom is -0.370 e. The molecule has 110 valence electrons. The number of nitrogens with one attached hydrogen (secondary N) is 2. The summed E-state index contributed by atoms with van der Waals surface area (Å²) in [6.07, 6.45) is 4.10. The van der Waals surface area contributed by atoms with Gasteiger partial charge in [-0.15, -0.1) is 6.58 Å². The van der Waals surface area contributed by atoms with Crippen LogP contribution >= 0.6 is 0 Å². The Labute approximate surface area is 126 Å². The number of nitrogens with zero attached hydrogens (tertiary/aromatic N) is 2. The van der Waals surface area contributed by atoms with E-state index < -0.39 is 0 Å². The molecule has 1 heterocycles. The van der Waals surface area contributed by atoms with Crippen LogP contribution < -0.4 is 10.6 Å². The van der Waals surface area contributed by atoms with Crippen molar-refractivity contribution >= 4 is 11.6 Å². The molecule has 2 N–H and O–H groups in total. The summed E-state index contributed by atoms with van der Waals surface area (Å²) in [5.41, 5.74) is 1.01. The molecule has 4 nitrogen and oxygen atoms in total. The van der Waals surface area contributed by atoms with Crippen LogP contribution in [0.2, 0.25) is 0 Å². The van der Waals surface area contributed by atoms with E-state index in [0.717, 1.165) is 42.4 Å². The zero-order valence-corrected chi connectivity index (χ0v) is 12.5. The largest absolute Gasteiger partial charge is 0.370 e. The van der Waals surface area contributed by atoms with Gasteiger partial charge in [-0.3, -0.25) is 0 Å². The number of aromatic nitrogens is 2. The van der Waals surface area contributed by atoms with Crippen LogP contribution in [0.15, 0.2) is 49.1 Å². The first kappa shape index (κ1) is 15.0. The van der Waals surface area contributed by atoms with Crippen LogP contribution in [0.1, 0.15) is 19.8 Å². The van der Waals surface area contributed by atoms with Crippen LogP contribution in [-0.2, 0) is 0 Å². The van der Waals surface area contributed by atoms with E-state index in [0.29, 0.717) is 6.54 Å². The van der Waals surface area contributed by atoms with E-state index >= 15 is 0 Å². The van der Waals surface area contributed by atoms with E-state index in [2.05, 4.69) is 34.1 Å². The van der Waals surface area contributed by atoms with Crippen molar-refractivity contribution in [3.05, 3.63) is 49.1 Å². The third-order valence-electron chi connectivity index (χ3n) is 3.02. The maximum absolute atomic E-state index is 4.60. The Hall–Kier alpha value is -2.36. The number of rotatable bonds is 8. The monoisotopic (exact) mass is 282 g/mol. The second-order valence-electron chi connectivity index (χ2n) is 4.78. The van der Waals surface area contributed by atoms with Gasteiger partial charge in [0.1, 0.15) is 11.6 Å². The highest BCUT2D eigenvalue weighted by Crippen LogP contribution is 2.20. The number of hydrogen-bond donors (Lipinski definition) is 2. The van der Waals surface area contributed by atoms with Crippen molar-refractivity contribution in [3.8, 4) is 11.4 Å². The molecule has 0 fully saturated rings. The van der Waals surface area contributed by atoms with E-state index in [4.69, 9.17) is 0 Å². The molecular formula is C17H22N4. The molecular weight excluding hydrogens is 260 g/mol. The summed E-state index contributed by atoms with van der Waals surface area (Å²) < 4.78 is 0. The lowest BCUT2D eigenvalue weighted by atomic mass is 10.2. The molecule has 0 aliphatic rings. The molecule has 4 heteroatoms. The van der Waals surface area contributed by atoms with Crippen molar-refractivity contribution < 1.29 is 0 Å². The average molecular weight is 282 g/mol. The first-order chi connectivity index (χ1) is 10.3. The molecule has 0 unspecified atom stereocenters. The fourth-order valence-corrected chi connectivity index (χ4v) is 1.91. The van der Waals surface area contributed by atoms with Crippen molar-refractivity contribution in [3.63, 3.8) is 0 Å².